The highest BCUT2D eigenvalue weighted by molar-refractivity contribution is 14.1. The molecule has 5 nitrogen and oxygen atoms in total. The average molecular weight is 697 g/mol. The van der Waals surface area contributed by atoms with E-state index in [4.69, 9.17) is 33.0 Å². The third-order valence-corrected chi connectivity index (χ3v) is 6.52. The fraction of sp³-hybridized carbons (Fsp3) is 0.143. The molecule has 1 N–H and O–H groups in total. The molecular weight excluding hydrogens is 684 g/mol. The number of para-hydroxylation sites is 1. The lowest BCUT2D eigenvalue weighted by Gasteiger charge is -2.18. The summed E-state index contributed by atoms with van der Waals surface area (Å²) in [6, 6.07) is 6.34. The van der Waals surface area contributed by atoms with Gasteiger partial charge in [-0.25, -0.2) is 22.4 Å². The van der Waals surface area contributed by atoms with Crippen LogP contribution in [0.4, 0.5) is 17.6 Å². The molecule has 0 amide bonds. The van der Waals surface area contributed by atoms with Crippen molar-refractivity contribution in [3.05, 3.63) is 89.3 Å². The van der Waals surface area contributed by atoms with Gasteiger partial charge in [0.1, 0.15) is 40.0 Å². The number of alkyl halides is 2. The number of carboxylic acid groups (broad SMARTS) is 1. The van der Waals surface area contributed by atoms with E-state index in [9.17, 15) is 27.2 Å². The molecule has 13 heteroatoms. The summed E-state index contributed by atoms with van der Waals surface area (Å²) in [6.07, 6.45) is 0. The Balaban J connectivity index is 0.000000604. The molecule has 2 aromatic carbocycles. The summed E-state index contributed by atoms with van der Waals surface area (Å²) < 4.78 is 62.0. The Morgan fingerprint density at radius 3 is 2.21 bits per heavy atom. The molecule has 0 aliphatic carbocycles. The van der Waals surface area contributed by atoms with E-state index in [2.05, 4.69) is 15.9 Å². The number of aliphatic carboxylic acids is 1. The second-order valence-electron chi connectivity index (χ2n) is 6.42. The first-order valence-electron chi connectivity index (χ1n) is 8.99. The van der Waals surface area contributed by atoms with E-state index in [1.807, 2.05) is 22.6 Å². The molecule has 1 heterocycles. The number of rotatable bonds is 5. The minimum absolute atomic E-state index is 0.0762. The van der Waals surface area contributed by atoms with Crippen LogP contribution in [0, 0.1) is 33.8 Å². The number of pyridine rings is 1. The lowest BCUT2D eigenvalue weighted by atomic mass is 10.2. The predicted molar refractivity (Wildman–Crippen MR) is 131 cm³/mol. The summed E-state index contributed by atoms with van der Waals surface area (Å²) in [5, 5.41) is 7.73. The Morgan fingerprint density at radius 1 is 1.15 bits per heavy atom. The van der Waals surface area contributed by atoms with Gasteiger partial charge in [0.05, 0.1) is 3.57 Å². The van der Waals surface area contributed by atoms with Gasteiger partial charge in [-0.15, -0.1) is 0 Å². The number of hydrogen-bond donors (Lipinski definition) is 1. The highest BCUT2D eigenvalue weighted by Gasteiger charge is 2.23. The second-order valence-corrected chi connectivity index (χ2v) is 9.38. The molecule has 1 aromatic heterocycles. The first-order chi connectivity index (χ1) is 15.9. The highest BCUT2D eigenvalue weighted by Crippen LogP contribution is 2.33. The van der Waals surface area contributed by atoms with Crippen molar-refractivity contribution < 1.29 is 32.2 Å². The van der Waals surface area contributed by atoms with E-state index in [1.165, 1.54) is 19.1 Å². The van der Waals surface area contributed by atoms with Gasteiger partial charge in [0.25, 0.3) is 5.56 Å². The molecule has 0 aliphatic heterocycles. The Kier molecular flexibility index (Phi) is 10.2. The number of ether oxygens (including phenoxy) is 1. The van der Waals surface area contributed by atoms with Crippen LogP contribution < -0.4 is 10.3 Å². The summed E-state index contributed by atoms with van der Waals surface area (Å²) in [5.41, 5.74) is -0.908. The van der Waals surface area contributed by atoms with Gasteiger partial charge in [-0.3, -0.25) is 9.36 Å². The molecule has 0 radical (unpaired) electrons. The molecule has 0 fully saturated rings. The monoisotopic (exact) mass is 695 g/mol. The number of benzene rings is 2. The minimum atomic E-state index is -1.29. The summed E-state index contributed by atoms with van der Waals surface area (Å²) in [6.45, 7) is 1.24. The van der Waals surface area contributed by atoms with Crippen molar-refractivity contribution in [2.75, 3.05) is 0 Å². The van der Waals surface area contributed by atoms with E-state index in [1.54, 1.807) is 0 Å². The summed E-state index contributed by atoms with van der Waals surface area (Å²) in [7, 11) is 0. The van der Waals surface area contributed by atoms with Crippen LogP contribution in [0.5, 0.6) is 5.75 Å². The maximum atomic E-state index is 14.2. The predicted octanol–water partition coefficient (Wildman–Crippen LogP) is 6.52. The Hall–Kier alpha value is -1.83. The van der Waals surface area contributed by atoms with E-state index >= 15 is 0 Å². The van der Waals surface area contributed by atoms with Crippen molar-refractivity contribution in [3.8, 4) is 11.4 Å². The first-order valence-corrected chi connectivity index (χ1v) is 11.7. The van der Waals surface area contributed by atoms with Gasteiger partial charge < -0.3 is 9.84 Å². The van der Waals surface area contributed by atoms with Gasteiger partial charge in [0.2, 0.25) is 4.84 Å². The molecular formula is C21H13BrCl2F4INO4. The van der Waals surface area contributed by atoms with Gasteiger partial charge in [0, 0.05) is 17.3 Å². The maximum Gasteiger partial charge on any atom is 0.337 e. The van der Waals surface area contributed by atoms with E-state index in [0.29, 0.717) is 3.57 Å². The summed E-state index contributed by atoms with van der Waals surface area (Å²) in [5.74, 6) is -4.41. The lowest BCUT2D eigenvalue weighted by molar-refractivity contribution is -0.135. The van der Waals surface area contributed by atoms with E-state index < -0.39 is 45.3 Å². The molecule has 0 aliphatic rings. The maximum absolute atomic E-state index is 14.2. The topological polar surface area (TPSA) is 68.5 Å². The van der Waals surface area contributed by atoms with Gasteiger partial charge in [-0.05, 0) is 69.7 Å². The number of carbonyl (C=O) groups is 1. The Morgan fingerprint density at radius 2 is 1.71 bits per heavy atom. The van der Waals surface area contributed by atoms with Crippen molar-refractivity contribution in [3.63, 3.8) is 0 Å². The van der Waals surface area contributed by atoms with Crippen molar-refractivity contribution in [1.29, 1.82) is 0 Å². The average Bonchev–Trinajstić information content (AvgIpc) is 2.76. The fourth-order valence-electron chi connectivity index (χ4n) is 2.59. The molecule has 3 rings (SSSR count). The van der Waals surface area contributed by atoms with Crippen LogP contribution >= 0.6 is 61.7 Å². The third-order valence-electron chi connectivity index (χ3n) is 4.18. The molecule has 0 saturated heterocycles. The second kappa shape index (κ2) is 12.2. The molecule has 0 unspecified atom stereocenters. The Bertz CT molecular complexity index is 1270. The smallest absolute Gasteiger partial charge is 0.337 e. The van der Waals surface area contributed by atoms with Gasteiger partial charge in [0.15, 0.2) is 5.75 Å². The number of nitrogens with zero attached hydrogens (tertiary/aromatic N) is 1. The molecule has 0 spiro atoms. The molecule has 34 heavy (non-hydrogen) atoms. The molecule has 182 valence electrons. The normalized spacial score (nSPS) is 10.6. The Labute approximate surface area is 222 Å². The molecule has 0 bridgehead atoms. The number of aromatic nitrogens is 1. The zero-order chi connectivity index (χ0) is 25.7. The van der Waals surface area contributed by atoms with Crippen LogP contribution in [-0.2, 0) is 11.4 Å². The fourth-order valence-corrected chi connectivity index (χ4v) is 4.12. The summed E-state index contributed by atoms with van der Waals surface area (Å²) in [4.78, 5) is 20.9. The third kappa shape index (κ3) is 6.64. The van der Waals surface area contributed by atoms with Crippen LogP contribution in [0.2, 0.25) is 0 Å². The summed E-state index contributed by atoms with van der Waals surface area (Å²) >= 11 is 14.5. The van der Waals surface area contributed by atoms with Gasteiger partial charge in [-0.1, -0.05) is 29.3 Å². The zero-order valence-corrected chi connectivity index (χ0v) is 22.1. The highest BCUT2D eigenvalue weighted by atomic mass is 127. The van der Waals surface area contributed by atoms with Crippen LogP contribution in [0.1, 0.15) is 11.3 Å². The quantitative estimate of drug-likeness (QED) is 0.187. The van der Waals surface area contributed by atoms with Crippen molar-refractivity contribution in [1.82, 2.24) is 4.57 Å². The minimum Gasteiger partial charge on any atom is -0.486 e. The van der Waals surface area contributed by atoms with Crippen LogP contribution in [-0.4, -0.2) is 20.5 Å². The number of hydrogen-bond acceptors (Lipinski definition) is 3. The number of carboxylic acids is 1. The molecule has 0 atom stereocenters. The lowest BCUT2D eigenvalue weighted by Crippen LogP contribution is -2.25. The van der Waals surface area contributed by atoms with Crippen molar-refractivity contribution >= 4 is 67.7 Å². The molecule has 0 saturated carbocycles. The van der Waals surface area contributed by atoms with E-state index in [0.717, 1.165) is 28.8 Å². The van der Waals surface area contributed by atoms with Crippen LogP contribution in [0.25, 0.3) is 5.69 Å². The largest absolute Gasteiger partial charge is 0.486 e. The van der Waals surface area contributed by atoms with Crippen LogP contribution in [0.15, 0.2) is 45.7 Å². The van der Waals surface area contributed by atoms with E-state index in [-0.39, 0.29) is 28.1 Å². The van der Waals surface area contributed by atoms with Crippen molar-refractivity contribution in [2.45, 2.75) is 18.4 Å². The van der Waals surface area contributed by atoms with Gasteiger partial charge in [-0.2, -0.15) is 0 Å². The number of halogens is 8. The zero-order valence-electron chi connectivity index (χ0n) is 16.9. The van der Waals surface area contributed by atoms with Crippen LogP contribution in [0.3, 0.4) is 0 Å². The SMILES string of the molecule is Cc1c(I)c(OCc2ccc(F)cc2F)c(Br)c(=O)n1-c1c(F)cccc1F.O=C(O)C(Cl)Cl. The van der Waals surface area contributed by atoms with Crippen molar-refractivity contribution in [2.24, 2.45) is 0 Å². The first kappa shape index (κ1) is 28.4. The standard InChI is InChI=1S/C19H11BrF4INO2.C2H2Cl2O2/c1-9-16(25)18(28-8-10-5-6-11(21)7-14(10)24)15(20)19(27)26(9)17-12(22)3-2-4-13(17)23;3-1(4)2(5)6/h2-7H,8H2,1H3;1H,(H,5,6). The van der Waals surface area contributed by atoms with Gasteiger partial charge >= 0.3 is 5.97 Å². The molecule has 3 aromatic rings.